The van der Waals surface area contributed by atoms with Crippen molar-refractivity contribution in [2.45, 2.75) is 26.8 Å². The van der Waals surface area contributed by atoms with E-state index < -0.39 is 11.4 Å². The van der Waals surface area contributed by atoms with Crippen LogP contribution >= 0.6 is 31.9 Å². The maximum absolute atomic E-state index is 11.2. The molecule has 0 saturated carbocycles. The van der Waals surface area contributed by atoms with E-state index in [0.29, 0.717) is 6.54 Å². The van der Waals surface area contributed by atoms with Gasteiger partial charge in [0.25, 0.3) is 0 Å². The molecule has 19 heavy (non-hydrogen) atoms. The maximum Gasteiger partial charge on any atom is 0.310 e. The lowest BCUT2D eigenvalue weighted by molar-refractivity contribution is -0.147. The summed E-state index contributed by atoms with van der Waals surface area (Å²) >= 11 is 7.10. The van der Waals surface area contributed by atoms with Crippen LogP contribution in [-0.4, -0.2) is 29.1 Å². The highest BCUT2D eigenvalue weighted by atomic mass is 79.9. The topological polar surface area (TPSA) is 40.5 Å². The van der Waals surface area contributed by atoms with E-state index in [1.54, 1.807) is 0 Å². The van der Waals surface area contributed by atoms with Crippen LogP contribution in [0.3, 0.4) is 0 Å². The van der Waals surface area contributed by atoms with Crippen molar-refractivity contribution in [1.82, 2.24) is 4.90 Å². The summed E-state index contributed by atoms with van der Waals surface area (Å²) in [4.78, 5) is 13.4. The molecule has 1 atom stereocenters. The summed E-state index contributed by atoms with van der Waals surface area (Å²) in [6.07, 6.45) is 0.719. The highest BCUT2D eigenvalue weighted by Gasteiger charge is 2.40. The SMILES string of the molecule is Cc1c(Br)cc(CN2CCC(C)(C(=O)O)C2)cc1Br. The predicted molar refractivity (Wildman–Crippen MR) is 82.2 cm³/mol. The van der Waals surface area contributed by atoms with Gasteiger partial charge in [-0.3, -0.25) is 9.69 Å². The van der Waals surface area contributed by atoms with Crippen molar-refractivity contribution in [3.05, 3.63) is 32.2 Å². The van der Waals surface area contributed by atoms with Crippen LogP contribution in [0, 0.1) is 12.3 Å². The summed E-state index contributed by atoms with van der Waals surface area (Å²) in [7, 11) is 0. The molecule has 1 N–H and O–H groups in total. The van der Waals surface area contributed by atoms with Gasteiger partial charge in [-0.15, -0.1) is 0 Å². The zero-order valence-corrected chi connectivity index (χ0v) is 14.2. The van der Waals surface area contributed by atoms with Gasteiger partial charge in [0.2, 0.25) is 0 Å². The van der Waals surface area contributed by atoms with Gasteiger partial charge >= 0.3 is 5.97 Å². The zero-order chi connectivity index (χ0) is 14.2. The summed E-state index contributed by atoms with van der Waals surface area (Å²) < 4.78 is 2.16. The molecule has 104 valence electrons. The number of carbonyl (C=O) groups is 1. The van der Waals surface area contributed by atoms with Crippen molar-refractivity contribution < 1.29 is 9.90 Å². The number of carboxylic acid groups (broad SMARTS) is 1. The number of aliphatic carboxylic acids is 1. The largest absolute Gasteiger partial charge is 0.481 e. The fraction of sp³-hybridized carbons (Fsp3) is 0.500. The first kappa shape index (κ1) is 15.0. The van der Waals surface area contributed by atoms with Crippen molar-refractivity contribution in [3.8, 4) is 0 Å². The Balaban J connectivity index is 2.10. The standard InChI is InChI=1S/C14H17Br2NO2/c1-9-11(15)5-10(6-12(9)16)7-17-4-3-14(2,8-17)13(18)19/h5-6H,3-4,7-8H2,1-2H3,(H,18,19). The van der Waals surface area contributed by atoms with Crippen LogP contribution in [0.2, 0.25) is 0 Å². The van der Waals surface area contributed by atoms with E-state index >= 15 is 0 Å². The molecular formula is C14H17Br2NO2. The van der Waals surface area contributed by atoms with Gasteiger partial charge in [-0.1, -0.05) is 31.9 Å². The molecule has 0 bridgehead atoms. The Bertz CT molecular complexity index is 495. The zero-order valence-electron chi connectivity index (χ0n) is 11.0. The van der Waals surface area contributed by atoms with Gasteiger partial charge in [0.1, 0.15) is 0 Å². The summed E-state index contributed by atoms with van der Waals surface area (Å²) in [5.74, 6) is -0.693. The van der Waals surface area contributed by atoms with E-state index in [-0.39, 0.29) is 0 Å². The number of likely N-dealkylation sites (tertiary alicyclic amines) is 1. The lowest BCUT2D eigenvalue weighted by Gasteiger charge is -2.20. The number of hydrogen-bond donors (Lipinski definition) is 1. The van der Waals surface area contributed by atoms with Crippen molar-refractivity contribution in [2.24, 2.45) is 5.41 Å². The van der Waals surface area contributed by atoms with Crippen molar-refractivity contribution in [1.29, 1.82) is 0 Å². The van der Waals surface area contributed by atoms with Crippen LogP contribution in [0.5, 0.6) is 0 Å². The Morgan fingerprint density at radius 1 is 1.42 bits per heavy atom. The first-order valence-corrected chi connectivity index (χ1v) is 7.81. The summed E-state index contributed by atoms with van der Waals surface area (Å²) in [6, 6.07) is 4.22. The van der Waals surface area contributed by atoms with Gasteiger partial charge < -0.3 is 5.11 Å². The van der Waals surface area contributed by atoms with Crippen molar-refractivity contribution in [2.75, 3.05) is 13.1 Å². The maximum atomic E-state index is 11.2. The fourth-order valence-corrected chi connectivity index (χ4v) is 3.69. The average Bonchev–Trinajstić information content (AvgIpc) is 2.69. The van der Waals surface area contributed by atoms with Crippen LogP contribution in [0.15, 0.2) is 21.1 Å². The molecule has 1 aliphatic rings. The quantitative estimate of drug-likeness (QED) is 0.852. The van der Waals surface area contributed by atoms with Gasteiger partial charge in [0.15, 0.2) is 0 Å². The Kier molecular flexibility index (Phi) is 4.38. The number of carboxylic acids is 1. The highest BCUT2D eigenvalue weighted by Crippen LogP contribution is 2.32. The van der Waals surface area contributed by atoms with Crippen molar-refractivity contribution >= 4 is 37.8 Å². The molecule has 1 aliphatic heterocycles. The molecule has 0 radical (unpaired) electrons. The minimum atomic E-state index is -0.693. The molecule has 0 spiro atoms. The number of rotatable bonds is 3. The van der Waals surface area contributed by atoms with Crippen molar-refractivity contribution in [3.63, 3.8) is 0 Å². The summed E-state index contributed by atoms with van der Waals surface area (Å²) in [5, 5.41) is 9.24. The third kappa shape index (κ3) is 3.20. The van der Waals surface area contributed by atoms with Gasteiger partial charge in [-0.2, -0.15) is 0 Å². The molecule has 1 aromatic rings. The third-order valence-electron chi connectivity index (χ3n) is 3.82. The Morgan fingerprint density at radius 3 is 2.47 bits per heavy atom. The van der Waals surface area contributed by atoms with Gasteiger partial charge in [-0.25, -0.2) is 0 Å². The molecule has 3 nitrogen and oxygen atoms in total. The molecular weight excluding hydrogens is 374 g/mol. The van der Waals surface area contributed by atoms with Crippen LogP contribution in [0.1, 0.15) is 24.5 Å². The monoisotopic (exact) mass is 389 g/mol. The van der Waals surface area contributed by atoms with Gasteiger partial charge in [0, 0.05) is 22.0 Å². The third-order valence-corrected chi connectivity index (χ3v) is 5.46. The van der Waals surface area contributed by atoms with E-state index in [0.717, 1.165) is 28.5 Å². The van der Waals surface area contributed by atoms with E-state index in [1.165, 1.54) is 11.1 Å². The number of halogens is 2. The first-order valence-electron chi connectivity index (χ1n) is 6.22. The molecule has 5 heteroatoms. The number of benzene rings is 1. The van der Waals surface area contributed by atoms with E-state index in [9.17, 15) is 9.90 Å². The van der Waals surface area contributed by atoms with Crippen LogP contribution < -0.4 is 0 Å². The molecule has 1 saturated heterocycles. The highest BCUT2D eigenvalue weighted by molar-refractivity contribution is 9.11. The smallest absolute Gasteiger partial charge is 0.310 e. The minimum Gasteiger partial charge on any atom is -0.481 e. The van der Waals surface area contributed by atoms with E-state index in [1.807, 2.05) is 6.92 Å². The molecule has 0 aliphatic carbocycles. The summed E-state index contributed by atoms with van der Waals surface area (Å²) in [6.45, 7) is 6.13. The second kappa shape index (κ2) is 5.54. The molecule has 0 aromatic heterocycles. The molecule has 1 unspecified atom stereocenters. The molecule has 2 rings (SSSR count). The second-order valence-electron chi connectivity index (χ2n) is 5.51. The Morgan fingerprint density at radius 2 is 2.00 bits per heavy atom. The number of hydrogen-bond acceptors (Lipinski definition) is 2. The van der Waals surface area contributed by atoms with Crippen LogP contribution in [-0.2, 0) is 11.3 Å². The Labute approximate surface area is 130 Å². The second-order valence-corrected chi connectivity index (χ2v) is 7.22. The van der Waals surface area contributed by atoms with E-state index in [2.05, 4.69) is 55.8 Å². The lowest BCUT2D eigenvalue weighted by Crippen LogP contribution is -2.31. The van der Waals surface area contributed by atoms with Crippen LogP contribution in [0.4, 0.5) is 0 Å². The van der Waals surface area contributed by atoms with E-state index in [4.69, 9.17) is 0 Å². The number of nitrogens with zero attached hydrogens (tertiary/aromatic N) is 1. The summed E-state index contributed by atoms with van der Waals surface area (Å²) in [5.41, 5.74) is 1.78. The fourth-order valence-electron chi connectivity index (χ4n) is 2.41. The normalized spacial score (nSPS) is 23.8. The molecule has 0 amide bonds. The van der Waals surface area contributed by atoms with Gasteiger partial charge in [0.05, 0.1) is 5.41 Å². The molecule has 1 heterocycles. The minimum absolute atomic E-state index is 0.598. The average molecular weight is 391 g/mol. The lowest BCUT2D eigenvalue weighted by atomic mass is 9.90. The van der Waals surface area contributed by atoms with Gasteiger partial charge in [-0.05, 0) is 50.1 Å². The molecule has 1 fully saturated rings. The Hall–Kier alpha value is -0.390. The molecule has 1 aromatic carbocycles. The predicted octanol–water partition coefficient (Wildman–Crippen LogP) is 3.82. The van der Waals surface area contributed by atoms with Crippen LogP contribution in [0.25, 0.3) is 0 Å². The first-order chi connectivity index (χ1) is 8.82.